The third kappa shape index (κ3) is 3.59. The van der Waals surface area contributed by atoms with Gasteiger partial charge in [-0.05, 0) is 19.1 Å². The van der Waals surface area contributed by atoms with Crippen LogP contribution in [0.5, 0.6) is 0 Å². The van der Waals surface area contributed by atoms with Crippen molar-refractivity contribution < 1.29 is 19.1 Å². The summed E-state index contributed by atoms with van der Waals surface area (Å²) in [5.41, 5.74) is 1.13. The maximum atomic E-state index is 12.4. The van der Waals surface area contributed by atoms with E-state index in [2.05, 4.69) is 5.32 Å². The molecule has 1 aliphatic rings. The second-order valence-electron chi connectivity index (χ2n) is 4.81. The van der Waals surface area contributed by atoms with Crippen LogP contribution in [0.1, 0.15) is 17.3 Å². The zero-order chi connectivity index (χ0) is 15.2. The number of amides is 2. The topological polar surface area (TPSA) is 67.9 Å². The predicted molar refractivity (Wildman–Crippen MR) is 78.4 cm³/mol. The van der Waals surface area contributed by atoms with Gasteiger partial charge in [0.1, 0.15) is 6.04 Å². The number of nitrogens with one attached hydrogen (secondary N) is 1. The van der Waals surface area contributed by atoms with Gasteiger partial charge >= 0.3 is 0 Å². The van der Waals surface area contributed by atoms with E-state index in [-0.39, 0.29) is 11.8 Å². The molecular formula is C15H20N2O4. The number of benzene rings is 1. The molecule has 0 aliphatic carbocycles. The highest BCUT2D eigenvalue weighted by Gasteiger charge is 2.30. The first-order valence-electron chi connectivity index (χ1n) is 6.93. The first-order chi connectivity index (χ1) is 10.1. The molecule has 0 saturated carbocycles. The Hall–Kier alpha value is -1.92. The Kier molecular flexibility index (Phi) is 5.30. The van der Waals surface area contributed by atoms with Crippen LogP contribution in [-0.4, -0.2) is 51.3 Å². The maximum Gasteiger partial charge on any atom is 0.254 e. The van der Waals surface area contributed by atoms with Crippen LogP contribution in [-0.2, 0) is 14.3 Å². The van der Waals surface area contributed by atoms with E-state index in [1.165, 1.54) is 0 Å². The van der Waals surface area contributed by atoms with Crippen molar-refractivity contribution in [3.63, 3.8) is 0 Å². The van der Waals surface area contributed by atoms with Gasteiger partial charge in [0.05, 0.1) is 31.1 Å². The SMILES string of the molecule is COCCOCCN1C(=O)C(C)NC(=O)c2ccccc21. The van der Waals surface area contributed by atoms with Gasteiger partial charge in [0.2, 0.25) is 5.91 Å². The third-order valence-corrected chi connectivity index (χ3v) is 3.31. The Labute approximate surface area is 124 Å². The number of para-hydroxylation sites is 1. The van der Waals surface area contributed by atoms with E-state index in [0.29, 0.717) is 37.6 Å². The minimum absolute atomic E-state index is 0.136. The number of fused-ring (bicyclic) bond motifs is 1. The molecule has 1 aromatic rings. The van der Waals surface area contributed by atoms with Gasteiger partial charge in [0.25, 0.3) is 5.91 Å². The molecule has 0 spiro atoms. The van der Waals surface area contributed by atoms with Crippen LogP contribution in [0, 0.1) is 0 Å². The molecule has 0 bridgehead atoms. The fourth-order valence-corrected chi connectivity index (χ4v) is 2.22. The number of hydrogen-bond donors (Lipinski definition) is 1. The molecule has 21 heavy (non-hydrogen) atoms. The van der Waals surface area contributed by atoms with Crippen LogP contribution >= 0.6 is 0 Å². The van der Waals surface area contributed by atoms with Crippen molar-refractivity contribution in [1.29, 1.82) is 0 Å². The summed E-state index contributed by atoms with van der Waals surface area (Å²) >= 11 is 0. The summed E-state index contributed by atoms with van der Waals surface area (Å²) < 4.78 is 10.3. The number of nitrogens with zero attached hydrogens (tertiary/aromatic N) is 1. The Morgan fingerprint density at radius 2 is 1.95 bits per heavy atom. The van der Waals surface area contributed by atoms with E-state index in [1.54, 1.807) is 37.1 Å². The summed E-state index contributed by atoms with van der Waals surface area (Å²) in [5, 5.41) is 2.70. The summed E-state index contributed by atoms with van der Waals surface area (Å²) in [7, 11) is 1.61. The third-order valence-electron chi connectivity index (χ3n) is 3.31. The molecule has 0 radical (unpaired) electrons. The Morgan fingerprint density at radius 3 is 2.71 bits per heavy atom. The lowest BCUT2D eigenvalue weighted by molar-refractivity contribution is -0.120. The van der Waals surface area contributed by atoms with E-state index in [4.69, 9.17) is 9.47 Å². The molecular weight excluding hydrogens is 272 g/mol. The Morgan fingerprint density at radius 1 is 1.19 bits per heavy atom. The van der Waals surface area contributed by atoms with Crippen molar-refractivity contribution in [3.8, 4) is 0 Å². The monoisotopic (exact) mass is 292 g/mol. The summed E-state index contributed by atoms with van der Waals surface area (Å²) in [4.78, 5) is 26.1. The van der Waals surface area contributed by atoms with Crippen molar-refractivity contribution in [3.05, 3.63) is 29.8 Å². The van der Waals surface area contributed by atoms with Crippen LogP contribution in [0.3, 0.4) is 0 Å². The van der Waals surface area contributed by atoms with Crippen molar-refractivity contribution in [1.82, 2.24) is 5.32 Å². The van der Waals surface area contributed by atoms with E-state index in [9.17, 15) is 9.59 Å². The molecule has 0 aromatic heterocycles. The van der Waals surface area contributed by atoms with Gasteiger partial charge < -0.3 is 19.7 Å². The van der Waals surface area contributed by atoms with Gasteiger partial charge in [-0.1, -0.05) is 12.1 Å². The summed E-state index contributed by atoms with van der Waals surface area (Å²) in [6.07, 6.45) is 0. The number of ether oxygens (including phenoxy) is 2. The largest absolute Gasteiger partial charge is 0.382 e. The minimum atomic E-state index is -0.552. The zero-order valence-electron chi connectivity index (χ0n) is 12.3. The van der Waals surface area contributed by atoms with Crippen LogP contribution in [0.25, 0.3) is 0 Å². The highest BCUT2D eigenvalue weighted by atomic mass is 16.5. The molecule has 1 unspecified atom stereocenters. The number of carbonyl (C=O) groups is 2. The molecule has 1 heterocycles. The van der Waals surface area contributed by atoms with Gasteiger partial charge in [-0.15, -0.1) is 0 Å². The molecule has 1 aliphatic heterocycles. The van der Waals surface area contributed by atoms with Crippen LogP contribution in [0.2, 0.25) is 0 Å². The molecule has 2 rings (SSSR count). The Bertz CT molecular complexity index is 518. The fraction of sp³-hybridized carbons (Fsp3) is 0.467. The maximum absolute atomic E-state index is 12.4. The van der Waals surface area contributed by atoms with Crippen molar-refractivity contribution >= 4 is 17.5 Å². The van der Waals surface area contributed by atoms with E-state index in [1.807, 2.05) is 6.07 Å². The predicted octanol–water partition coefficient (Wildman–Crippen LogP) is 0.815. The Balaban J connectivity index is 2.14. The normalized spacial score (nSPS) is 18.2. The number of anilines is 1. The van der Waals surface area contributed by atoms with Crippen LogP contribution in [0.15, 0.2) is 24.3 Å². The lowest BCUT2D eigenvalue weighted by atomic mass is 10.1. The lowest BCUT2D eigenvalue weighted by Crippen LogP contribution is -2.45. The van der Waals surface area contributed by atoms with Crippen molar-refractivity contribution in [2.45, 2.75) is 13.0 Å². The van der Waals surface area contributed by atoms with Gasteiger partial charge in [-0.3, -0.25) is 9.59 Å². The van der Waals surface area contributed by atoms with Crippen LogP contribution in [0.4, 0.5) is 5.69 Å². The molecule has 114 valence electrons. The van der Waals surface area contributed by atoms with E-state index in [0.717, 1.165) is 0 Å². The van der Waals surface area contributed by atoms with Crippen LogP contribution < -0.4 is 10.2 Å². The first-order valence-corrected chi connectivity index (χ1v) is 6.93. The number of hydrogen-bond acceptors (Lipinski definition) is 4. The molecule has 1 aromatic carbocycles. The molecule has 0 fully saturated rings. The number of rotatable bonds is 6. The molecule has 6 heteroatoms. The number of methoxy groups -OCH3 is 1. The fourth-order valence-electron chi connectivity index (χ4n) is 2.22. The molecule has 2 amide bonds. The van der Waals surface area contributed by atoms with Gasteiger partial charge in [0.15, 0.2) is 0 Å². The van der Waals surface area contributed by atoms with Crippen molar-refractivity contribution in [2.75, 3.05) is 38.4 Å². The number of carbonyl (C=O) groups excluding carboxylic acids is 2. The van der Waals surface area contributed by atoms with Crippen molar-refractivity contribution in [2.24, 2.45) is 0 Å². The van der Waals surface area contributed by atoms with E-state index >= 15 is 0 Å². The van der Waals surface area contributed by atoms with Gasteiger partial charge in [-0.2, -0.15) is 0 Å². The summed E-state index contributed by atoms with van der Waals surface area (Å²) in [6.45, 7) is 3.47. The minimum Gasteiger partial charge on any atom is -0.382 e. The molecule has 0 saturated heterocycles. The average Bonchev–Trinajstić information content (AvgIpc) is 2.58. The quantitative estimate of drug-likeness (QED) is 0.788. The molecule has 6 nitrogen and oxygen atoms in total. The molecule has 1 N–H and O–H groups in total. The second kappa shape index (κ2) is 7.19. The second-order valence-corrected chi connectivity index (χ2v) is 4.81. The smallest absolute Gasteiger partial charge is 0.254 e. The standard InChI is InChI=1S/C15H20N2O4/c1-11-15(19)17(7-8-21-10-9-20-2)13-6-4-3-5-12(13)14(18)16-11/h3-6,11H,7-10H2,1-2H3,(H,16,18). The zero-order valence-corrected chi connectivity index (χ0v) is 12.3. The summed E-state index contributed by atoms with van der Waals surface area (Å²) in [6, 6.07) is 6.54. The highest BCUT2D eigenvalue weighted by molar-refractivity contribution is 6.10. The van der Waals surface area contributed by atoms with E-state index < -0.39 is 6.04 Å². The van der Waals surface area contributed by atoms with Gasteiger partial charge in [-0.25, -0.2) is 0 Å². The summed E-state index contributed by atoms with van der Waals surface area (Å²) in [5.74, 6) is -0.363. The van der Waals surface area contributed by atoms with Gasteiger partial charge in [0, 0.05) is 13.7 Å². The lowest BCUT2D eigenvalue weighted by Gasteiger charge is -2.23. The average molecular weight is 292 g/mol. The molecule has 1 atom stereocenters. The highest BCUT2D eigenvalue weighted by Crippen LogP contribution is 2.23. The first kappa shape index (κ1) is 15.5.